The first-order chi connectivity index (χ1) is 8.15. The molecule has 4 nitrogen and oxygen atoms in total. The molecule has 0 amide bonds. The summed E-state index contributed by atoms with van der Waals surface area (Å²) in [5.74, 6) is -0.766. The molecule has 1 aromatic rings. The zero-order chi connectivity index (χ0) is 12.3. The fourth-order valence-electron chi connectivity index (χ4n) is 2.36. The van der Waals surface area contributed by atoms with Crippen LogP contribution in [0.4, 0.5) is 0 Å². The van der Waals surface area contributed by atoms with E-state index in [4.69, 9.17) is 10.8 Å². The van der Waals surface area contributed by atoms with Crippen LogP contribution >= 0.6 is 11.3 Å². The van der Waals surface area contributed by atoms with Crippen molar-refractivity contribution in [3.63, 3.8) is 0 Å². The van der Waals surface area contributed by atoms with Gasteiger partial charge in [0.2, 0.25) is 0 Å². The van der Waals surface area contributed by atoms with Gasteiger partial charge in [-0.25, -0.2) is 0 Å². The Labute approximate surface area is 105 Å². The number of carbonyl (C=O) groups is 1. The van der Waals surface area contributed by atoms with Crippen LogP contribution in [0.2, 0.25) is 0 Å². The largest absolute Gasteiger partial charge is 0.481 e. The molecule has 1 saturated carbocycles. The smallest absolute Gasteiger partial charge is 0.305 e. The molecule has 3 atom stereocenters. The number of nitrogens with two attached hydrogens (primary N) is 1. The van der Waals surface area contributed by atoms with Crippen LogP contribution in [0.15, 0.2) is 17.5 Å². The minimum atomic E-state index is -0.766. The predicted octanol–water partition coefficient (Wildman–Crippen LogP) is 1.73. The molecule has 0 spiro atoms. The zero-order valence-electron chi connectivity index (χ0n) is 9.63. The molecule has 3 unspecified atom stereocenters. The quantitative estimate of drug-likeness (QED) is 0.748. The number of thiophene rings is 1. The van der Waals surface area contributed by atoms with Gasteiger partial charge in [-0.2, -0.15) is 0 Å². The Hall–Kier alpha value is -0.910. The van der Waals surface area contributed by atoms with Gasteiger partial charge >= 0.3 is 5.97 Å². The van der Waals surface area contributed by atoms with Crippen molar-refractivity contribution >= 4 is 17.3 Å². The Balaban J connectivity index is 1.98. The van der Waals surface area contributed by atoms with E-state index in [1.807, 2.05) is 17.5 Å². The molecule has 1 aromatic heterocycles. The summed E-state index contributed by atoms with van der Waals surface area (Å²) >= 11 is 1.60. The summed E-state index contributed by atoms with van der Waals surface area (Å²) in [7, 11) is 0. The van der Waals surface area contributed by atoms with Crippen molar-refractivity contribution in [2.45, 2.75) is 43.8 Å². The van der Waals surface area contributed by atoms with Crippen molar-refractivity contribution < 1.29 is 9.90 Å². The van der Waals surface area contributed by atoms with E-state index in [2.05, 4.69) is 5.32 Å². The maximum Gasteiger partial charge on any atom is 0.305 e. The summed E-state index contributed by atoms with van der Waals surface area (Å²) in [6.07, 6.45) is 3.15. The number of carboxylic acid groups (broad SMARTS) is 1. The molecule has 4 N–H and O–H groups in total. The molecule has 0 saturated heterocycles. The molecule has 1 aliphatic carbocycles. The lowest BCUT2D eigenvalue weighted by atomic mass is 10.1. The molecule has 2 rings (SSSR count). The Morgan fingerprint density at radius 3 is 3.00 bits per heavy atom. The lowest BCUT2D eigenvalue weighted by molar-refractivity contribution is -0.137. The van der Waals surface area contributed by atoms with Gasteiger partial charge in [0.05, 0.1) is 12.5 Å². The number of hydrogen-bond acceptors (Lipinski definition) is 4. The number of rotatable bonds is 5. The fraction of sp³-hybridized carbons (Fsp3) is 0.583. The van der Waals surface area contributed by atoms with Gasteiger partial charge in [-0.1, -0.05) is 6.07 Å². The van der Waals surface area contributed by atoms with Gasteiger partial charge in [0.15, 0.2) is 0 Å². The summed E-state index contributed by atoms with van der Waals surface area (Å²) in [5, 5.41) is 14.4. The van der Waals surface area contributed by atoms with Gasteiger partial charge in [-0.05, 0) is 30.7 Å². The first-order valence-corrected chi connectivity index (χ1v) is 6.80. The first-order valence-electron chi connectivity index (χ1n) is 5.92. The van der Waals surface area contributed by atoms with E-state index in [0.717, 1.165) is 24.1 Å². The molecule has 1 heterocycles. The van der Waals surface area contributed by atoms with Crippen LogP contribution < -0.4 is 11.1 Å². The van der Waals surface area contributed by atoms with E-state index in [0.29, 0.717) is 6.04 Å². The van der Waals surface area contributed by atoms with Crippen LogP contribution in [0.25, 0.3) is 0 Å². The van der Waals surface area contributed by atoms with Crippen molar-refractivity contribution in [2.24, 2.45) is 5.73 Å². The lowest BCUT2D eigenvalue weighted by Crippen LogP contribution is -2.33. The SMILES string of the molecule is NC1CCC(NC(CC(=O)O)c2cccs2)C1. The molecule has 0 bridgehead atoms. The van der Waals surface area contributed by atoms with Crippen LogP contribution in [-0.4, -0.2) is 23.2 Å². The molecule has 0 aromatic carbocycles. The first kappa shape index (κ1) is 12.5. The molecule has 0 radical (unpaired) electrons. The monoisotopic (exact) mass is 254 g/mol. The summed E-state index contributed by atoms with van der Waals surface area (Å²) in [6, 6.07) is 4.48. The topological polar surface area (TPSA) is 75.3 Å². The minimum Gasteiger partial charge on any atom is -0.481 e. The highest BCUT2D eigenvalue weighted by Gasteiger charge is 2.26. The van der Waals surface area contributed by atoms with Crippen LogP contribution in [0.1, 0.15) is 36.6 Å². The van der Waals surface area contributed by atoms with E-state index in [1.165, 1.54) is 0 Å². The van der Waals surface area contributed by atoms with Gasteiger partial charge in [-0.15, -0.1) is 11.3 Å². The van der Waals surface area contributed by atoms with Gasteiger partial charge < -0.3 is 16.2 Å². The standard InChI is InChI=1S/C12H18N2O2S/c13-8-3-4-9(6-8)14-10(7-12(15)16)11-2-1-5-17-11/h1-2,5,8-10,14H,3-4,6-7,13H2,(H,15,16). The Morgan fingerprint density at radius 2 is 2.47 bits per heavy atom. The number of aliphatic carboxylic acids is 1. The van der Waals surface area contributed by atoms with Crippen molar-refractivity contribution in [1.82, 2.24) is 5.32 Å². The normalized spacial score (nSPS) is 25.9. The lowest BCUT2D eigenvalue weighted by Gasteiger charge is -2.20. The average Bonchev–Trinajstić information content (AvgIpc) is 2.87. The van der Waals surface area contributed by atoms with Gasteiger partial charge in [0, 0.05) is 17.0 Å². The van der Waals surface area contributed by atoms with Crippen LogP contribution in [0, 0.1) is 0 Å². The molecule has 17 heavy (non-hydrogen) atoms. The molecule has 5 heteroatoms. The minimum absolute atomic E-state index is 0.0807. The molecule has 1 fully saturated rings. The number of hydrogen-bond donors (Lipinski definition) is 3. The van der Waals surface area contributed by atoms with Crippen molar-refractivity contribution in [3.8, 4) is 0 Å². The molecular weight excluding hydrogens is 236 g/mol. The van der Waals surface area contributed by atoms with Gasteiger partial charge in [0.25, 0.3) is 0 Å². The maximum atomic E-state index is 10.9. The second-order valence-electron chi connectivity index (χ2n) is 4.60. The number of carboxylic acids is 1. The zero-order valence-corrected chi connectivity index (χ0v) is 10.5. The Morgan fingerprint density at radius 1 is 1.65 bits per heavy atom. The van der Waals surface area contributed by atoms with Crippen LogP contribution in [-0.2, 0) is 4.79 Å². The van der Waals surface area contributed by atoms with E-state index in [-0.39, 0.29) is 18.5 Å². The van der Waals surface area contributed by atoms with Crippen molar-refractivity contribution in [1.29, 1.82) is 0 Å². The van der Waals surface area contributed by atoms with Crippen molar-refractivity contribution in [2.75, 3.05) is 0 Å². The average molecular weight is 254 g/mol. The highest BCUT2D eigenvalue weighted by molar-refractivity contribution is 7.10. The summed E-state index contributed by atoms with van der Waals surface area (Å²) in [5.41, 5.74) is 5.87. The summed E-state index contributed by atoms with van der Waals surface area (Å²) in [4.78, 5) is 12.0. The van der Waals surface area contributed by atoms with Gasteiger partial charge in [0.1, 0.15) is 0 Å². The Kier molecular flexibility index (Phi) is 4.15. The molecule has 1 aliphatic rings. The van der Waals surface area contributed by atoms with Crippen LogP contribution in [0.5, 0.6) is 0 Å². The summed E-state index contributed by atoms with van der Waals surface area (Å²) < 4.78 is 0. The van der Waals surface area contributed by atoms with E-state index in [9.17, 15) is 4.79 Å². The van der Waals surface area contributed by atoms with E-state index >= 15 is 0 Å². The Bertz CT molecular complexity index is 367. The summed E-state index contributed by atoms with van der Waals surface area (Å²) in [6.45, 7) is 0. The molecule has 0 aliphatic heterocycles. The predicted molar refractivity (Wildman–Crippen MR) is 68.1 cm³/mol. The second-order valence-corrected chi connectivity index (χ2v) is 5.58. The highest BCUT2D eigenvalue weighted by Crippen LogP contribution is 2.26. The second kappa shape index (κ2) is 5.62. The van der Waals surface area contributed by atoms with E-state index in [1.54, 1.807) is 11.3 Å². The molecule has 94 valence electrons. The molecular formula is C12H18N2O2S. The van der Waals surface area contributed by atoms with E-state index < -0.39 is 5.97 Å². The van der Waals surface area contributed by atoms with Gasteiger partial charge in [-0.3, -0.25) is 4.79 Å². The van der Waals surface area contributed by atoms with Crippen molar-refractivity contribution in [3.05, 3.63) is 22.4 Å². The third-order valence-electron chi connectivity index (χ3n) is 3.18. The fourth-order valence-corrected chi connectivity index (χ4v) is 3.15. The maximum absolute atomic E-state index is 10.9. The third kappa shape index (κ3) is 3.52. The highest BCUT2D eigenvalue weighted by atomic mass is 32.1. The van der Waals surface area contributed by atoms with Crippen LogP contribution in [0.3, 0.4) is 0 Å². The third-order valence-corrected chi connectivity index (χ3v) is 4.16. The number of nitrogens with one attached hydrogen (secondary N) is 1.